The highest BCUT2D eigenvalue weighted by molar-refractivity contribution is 7.90. The molecule has 1 saturated heterocycles. The van der Waals surface area contributed by atoms with Crippen LogP contribution in [0, 0.1) is 5.82 Å². The quantitative estimate of drug-likeness (QED) is 0.410. The van der Waals surface area contributed by atoms with Gasteiger partial charge >= 0.3 is 0 Å². The van der Waals surface area contributed by atoms with Crippen molar-refractivity contribution < 1.29 is 21.2 Å². The van der Waals surface area contributed by atoms with Gasteiger partial charge in [0.2, 0.25) is 10.0 Å². The van der Waals surface area contributed by atoms with E-state index in [0.29, 0.717) is 29.2 Å². The van der Waals surface area contributed by atoms with Gasteiger partial charge in [0.15, 0.2) is 9.84 Å². The summed E-state index contributed by atoms with van der Waals surface area (Å²) in [4.78, 5) is 2.24. The minimum atomic E-state index is -3.72. The van der Waals surface area contributed by atoms with Crippen molar-refractivity contribution >= 4 is 37.1 Å². The van der Waals surface area contributed by atoms with Crippen molar-refractivity contribution in [2.24, 2.45) is 0 Å². The van der Waals surface area contributed by atoms with Crippen molar-refractivity contribution in [3.63, 3.8) is 0 Å². The van der Waals surface area contributed by atoms with Crippen molar-refractivity contribution in [2.75, 3.05) is 32.1 Å². The smallest absolute Gasteiger partial charge is 0.242 e. The molecule has 0 radical (unpaired) electrons. The lowest BCUT2D eigenvalue weighted by molar-refractivity contribution is 0.481. The van der Waals surface area contributed by atoms with Crippen molar-refractivity contribution in [1.29, 1.82) is 0 Å². The van der Waals surface area contributed by atoms with Crippen LogP contribution >= 0.6 is 11.6 Å². The van der Waals surface area contributed by atoms with E-state index in [0.717, 1.165) is 22.8 Å². The second-order valence-electron chi connectivity index (χ2n) is 9.07. The molecule has 0 N–H and O–H groups in total. The number of hydrogen-bond acceptors (Lipinski definition) is 5. The molecule has 4 rings (SSSR count). The number of rotatable bonds is 7. The van der Waals surface area contributed by atoms with Gasteiger partial charge in [-0.25, -0.2) is 25.5 Å². The number of para-hydroxylation sites is 1. The van der Waals surface area contributed by atoms with Crippen molar-refractivity contribution in [1.82, 2.24) is 4.31 Å². The number of anilines is 1. The summed E-state index contributed by atoms with van der Waals surface area (Å²) in [5.74, 6) is -0.433. The molecule has 1 aliphatic rings. The normalized spacial score (nSPS) is 15.4. The summed E-state index contributed by atoms with van der Waals surface area (Å²) in [5, 5.41) is 0.373. The zero-order valence-electron chi connectivity index (χ0n) is 20.1. The van der Waals surface area contributed by atoms with Crippen LogP contribution in [0.3, 0.4) is 0 Å². The van der Waals surface area contributed by atoms with Gasteiger partial charge in [0.05, 0.1) is 15.5 Å². The lowest BCUT2D eigenvalue weighted by Gasteiger charge is -2.35. The fourth-order valence-corrected chi connectivity index (χ4v) is 6.95. The number of sulfonamides is 1. The molecule has 36 heavy (non-hydrogen) atoms. The molecular weight excluding hydrogens is 523 g/mol. The number of benzene rings is 3. The average molecular weight is 551 g/mol. The van der Waals surface area contributed by atoms with Gasteiger partial charge in [-0.15, -0.1) is 0 Å². The largest absolute Gasteiger partial charge is 0.371 e. The molecule has 0 atom stereocenters. The van der Waals surface area contributed by atoms with E-state index in [-0.39, 0.29) is 27.3 Å². The third kappa shape index (κ3) is 5.59. The standard InChI is InChI=1S/C26H28ClFN2O4S2/c1-29(2)36(33,34)23-10-8-22(9-11-23)35(31,32)18-20-5-3-4-6-26(20)30-15-13-19(14-16-30)24-12-7-21(27)17-25(24)28/h3-12,17,19H,13-16,18H2,1-2H3. The Morgan fingerprint density at radius 2 is 1.53 bits per heavy atom. The molecule has 1 heterocycles. The summed E-state index contributed by atoms with van der Waals surface area (Å²) in [6.45, 7) is 1.34. The van der Waals surface area contributed by atoms with Gasteiger partial charge in [-0.05, 0) is 72.4 Å². The van der Waals surface area contributed by atoms with Gasteiger partial charge in [-0.2, -0.15) is 0 Å². The zero-order valence-corrected chi connectivity index (χ0v) is 22.5. The number of piperidine rings is 1. The molecule has 0 aliphatic carbocycles. The molecule has 6 nitrogen and oxygen atoms in total. The Morgan fingerprint density at radius 3 is 2.14 bits per heavy atom. The molecular formula is C26H28ClFN2O4S2. The average Bonchev–Trinajstić information content (AvgIpc) is 2.84. The van der Waals surface area contributed by atoms with E-state index in [1.165, 1.54) is 44.4 Å². The number of hydrogen-bond donors (Lipinski definition) is 0. The second kappa shape index (κ2) is 10.5. The van der Waals surface area contributed by atoms with E-state index < -0.39 is 19.9 Å². The molecule has 0 spiro atoms. The van der Waals surface area contributed by atoms with Crippen molar-refractivity contribution in [3.05, 3.63) is 88.7 Å². The lowest BCUT2D eigenvalue weighted by Crippen LogP contribution is -2.34. The van der Waals surface area contributed by atoms with Crippen molar-refractivity contribution in [2.45, 2.75) is 34.3 Å². The van der Waals surface area contributed by atoms with Crippen LogP contribution < -0.4 is 4.90 Å². The Bertz CT molecular complexity index is 1450. The predicted molar refractivity (Wildman–Crippen MR) is 140 cm³/mol. The lowest BCUT2D eigenvalue weighted by atomic mass is 9.88. The number of nitrogens with zero attached hydrogens (tertiary/aromatic N) is 2. The van der Waals surface area contributed by atoms with Crippen LogP contribution in [0.2, 0.25) is 5.02 Å². The summed E-state index contributed by atoms with van der Waals surface area (Å²) in [5.41, 5.74) is 2.16. The van der Waals surface area contributed by atoms with Gasteiger partial charge in [0, 0.05) is 37.9 Å². The molecule has 3 aromatic carbocycles. The van der Waals surface area contributed by atoms with E-state index in [9.17, 15) is 21.2 Å². The fraction of sp³-hybridized carbons (Fsp3) is 0.308. The molecule has 0 saturated carbocycles. The number of halogens is 2. The Kier molecular flexibility index (Phi) is 7.75. The van der Waals surface area contributed by atoms with Crippen LogP contribution in [0.4, 0.5) is 10.1 Å². The van der Waals surface area contributed by atoms with Gasteiger partial charge in [0.1, 0.15) is 5.82 Å². The summed E-state index contributed by atoms with van der Waals surface area (Å²) in [6, 6.07) is 17.5. The third-order valence-corrected chi connectivity index (χ3v) is 10.3. The Morgan fingerprint density at radius 1 is 0.917 bits per heavy atom. The SMILES string of the molecule is CN(C)S(=O)(=O)c1ccc(S(=O)(=O)Cc2ccccc2N2CCC(c3ccc(Cl)cc3F)CC2)cc1. The molecule has 1 aliphatic heterocycles. The molecule has 0 amide bonds. The second-order valence-corrected chi connectivity index (χ2v) is 13.7. The van der Waals surface area contributed by atoms with Crippen LogP contribution in [-0.2, 0) is 25.6 Å². The summed E-state index contributed by atoms with van der Waals surface area (Å²) < 4.78 is 66.5. The minimum Gasteiger partial charge on any atom is -0.371 e. The molecule has 0 aromatic heterocycles. The van der Waals surface area contributed by atoms with Crippen molar-refractivity contribution in [3.8, 4) is 0 Å². The highest BCUT2D eigenvalue weighted by Gasteiger charge is 2.26. The molecule has 3 aromatic rings. The van der Waals surface area contributed by atoms with E-state index in [1.807, 2.05) is 12.1 Å². The maximum Gasteiger partial charge on any atom is 0.242 e. The monoisotopic (exact) mass is 550 g/mol. The van der Waals surface area contributed by atoms with Gasteiger partial charge in [0.25, 0.3) is 0 Å². The Hall–Kier alpha value is -2.46. The highest BCUT2D eigenvalue weighted by atomic mass is 35.5. The van der Waals surface area contributed by atoms with E-state index >= 15 is 0 Å². The molecule has 0 unspecified atom stereocenters. The zero-order chi connectivity index (χ0) is 26.1. The van der Waals surface area contributed by atoms with Gasteiger partial charge in [-0.3, -0.25) is 0 Å². The first kappa shape index (κ1) is 26.6. The van der Waals surface area contributed by atoms with Crippen LogP contribution in [-0.4, -0.2) is 48.3 Å². The van der Waals surface area contributed by atoms with Crippen LogP contribution in [0.1, 0.15) is 29.9 Å². The first-order valence-corrected chi connectivity index (χ1v) is 15.0. The highest BCUT2D eigenvalue weighted by Crippen LogP contribution is 2.34. The fourth-order valence-electron chi connectivity index (χ4n) is 4.52. The first-order valence-electron chi connectivity index (χ1n) is 11.5. The van der Waals surface area contributed by atoms with Crippen LogP contribution in [0.25, 0.3) is 0 Å². The summed E-state index contributed by atoms with van der Waals surface area (Å²) in [7, 11) is -4.52. The van der Waals surface area contributed by atoms with E-state index in [4.69, 9.17) is 11.6 Å². The van der Waals surface area contributed by atoms with E-state index in [1.54, 1.807) is 24.3 Å². The maximum atomic E-state index is 14.4. The Balaban J connectivity index is 1.51. The summed E-state index contributed by atoms with van der Waals surface area (Å²) in [6.07, 6.45) is 1.48. The van der Waals surface area contributed by atoms with Gasteiger partial charge in [-0.1, -0.05) is 35.9 Å². The first-order chi connectivity index (χ1) is 17.0. The maximum absolute atomic E-state index is 14.4. The predicted octanol–water partition coefficient (Wildman–Crippen LogP) is 5.09. The molecule has 0 bridgehead atoms. The minimum absolute atomic E-state index is 0.0341. The summed E-state index contributed by atoms with van der Waals surface area (Å²) >= 11 is 5.89. The van der Waals surface area contributed by atoms with E-state index in [2.05, 4.69) is 4.90 Å². The number of sulfone groups is 1. The topological polar surface area (TPSA) is 74.8 Å². The molecule has 1 fully saturated rings. The van der Waals surface area contributed by atoms with Crippen LogP contribution in [0.15, 0.2) is 76.5 Å². The Labute approximate surface area is 217 Å². The molecule has 192 valence electrons. The molecule has 10 heteroatoms. The third-order valence-electron chi connectivity index (χ3n) is 6.54. The van der Waals surface area contributed by atoms with Crippen LogP contribution in [0.5, 0.6) is 0 Å². The van der Waals surface area contributed by atoms with Gasteiger partial charge < -0.3 is 4.90 Å².